The van der Waals surface area contributed by atoms with Crippen LogP contribution in [0, 0.1) is 5.82 Å². The van der Waals surface area contributed by atoms with Crippen molar-refractivity contribution in [2.45, 2.75) is 37.6 Å². The minimum absolute atomic E-state index is 0.178. The molecule has 0 bridgehead atoms. The van der Waals surface area contributed by atoms with Gasteiger partial charge in [-0.3, -0.25) is 0 Å². The molecule has 1 fully saturated rings. The number of nitrogens with two attached hydrogens (primary N) is 1. The van der Waals surface area contributed by atoms with Gasteiger partial charge in [0.1, 0.15) is 5.82 Å². The molecule has 0 aromatic heterocycles. The van der Waals surface area contributed by atoms with Crippen LogP contribution in [0.25, 0.3) is 0 Å². The highest BCUT2D eigenvalue weighted by Gasteiger charge is 2.32. The second kappa shape index (κ2) is 4.65. The van der Waals surface area contributed by atoms with E-state index in [-0.39, 0.29) is 11.4 Å². The van der Waals surface area contributed by atoms with Crippen LogP contribution in [0.2, 0.25) is 0 Å². The van der Waals surface area contributed by atoms with Gasteiger partial charge >= 0.3 is 0 Å². The van der Waals surface area contributed by atoms with Crippen molar-refractivity contribution >= 4 is 5.69 Å². The molecule has 0 saturated heterocycles. The molecular formula is C14H21FN2. The van der Waals surface area contributed by atoms with Gasteiger partial charge in [-0.15, -0.1) is 0 Å². The molecule has 0 unspecified atom stereocenters. The Labute approximate surface area is 103 Å². The highest BCUT2D eigenvalue weighted by molar-refractivity contribution is 5.56. The molecule has 17 heavy (non-hydrogen) atoms. The van der Waals surface area contributed by atoms with E-state index in [1.807, 2.05) is 25.1 Å². The third-order valence-corrected chi connectivity index (χ3v) is 3.72. The lowest BCUT2D eigenvalue weighted by Crippen LogP contribution is -2.40. The molecule has 0 aliphatic heterocycles. The van der Waals surface area contributed by atoms with Crippen LogP contribution in [0.5, 0.6) is 0 Å². The molecule has 2 rings (SSSR count). The lowest BCUT2D eigenvalue weighted by molar-refractivity contribution is 0.302. The van der Waals surface area contributed by atoms with Crippen LogP contribution in [0.15, 0.2) is 18.2 Å². The fourth-order valence-corrected chi connectivity index (χ4v) is 2.82. The van der Waals surface area contributed by atoms with E-state index in [1.165, 1.54) is 12.5 Å². The van der Waals surface area contributed by atoms with E-state index in [0.717, 1.165) is 31.2 Å². The quantitative estimate of drug-likeness (QED) is 0.855. The normalized spacial score (nSPS) is 19.1. The zero-order chi connectivity index (χ0) is 12.5. The smallest absolute Gasteiger partial charge is 0.146 e. The summed E-state index contributed by atoms with van der Waals surface area (Å²) >= 11 is 0. The Morgan fingerprint density at radius 1 is 1.18 bits per heavy atom. The molecule has 0 radical (unpaired) electrons. The summed E-state index contributed by atoms with van der Waals surface area (Å²) in [5, 5.41) is 0. The van der Waals surface area contributed by atoms with Gasteiger partial charge in [-0.2, -0.15) is 0 Å². The van der Waals surface area contributed by atoms with E-state index in [0.29, 0.717) is 5.69 Å². The maximum atomic E-state index is 13.9. The lowest BCUT2D eigenvalue weighted by Gasteiger charge is -2.36. The van der Waals surface area contributed by atoms with Crippen LogP contribution >= 0.6 is 0 Å². The van der Waals surface area contributed by atoms with Gasteiger partial charge in [-0.1, -0.05) is 31.4 Å². The predicted octanol–water partition coefficient (Wildman–Crippen LogP) is 3.01. The molecule has 1 saturated carbocycles. The molecule has 2 nitrogen and oxygen atoms in total. The molecule has 0 amide bonds. The molecule has 0 heterocycles. The maximum absolute atomic E-state index is 13.9. The maximum Gasteiger partial charge on any atom is 0.146 e. The third-order valence-electron chi connectivity index (χ3n) is 3.72. The van der Waals surface area contributed by atoms with Crippen LogP contribution in [0.1, 0.15) is 37.7 Å². The summed E-state index contributed by atoms with van der Waals surface area (Å²) in [6, 6.07) is 5.25. The standard InChI is InChI=1S/C14H21FN2/c1-17(2)13-11(7-6-8-12(13)15)14(16)9-4-3-5-10-14/h6-8H,3-5,9-10,16H2,1-2H3. The Balaban J connectivity index is 2.46. The van der Waals surface area contributed by atoms with E-state index >= 15 is 0 Å². The molecule has 0 spiro atoms. The van der Waals surface area contributed by atoms with Gasteiger partial charge in [0.2, 0.25) is 0 Å². The van der Waals surface area contributed by atoms with E-state index in [4.69, 9.17) is 5.73 Å². The van der Waals surface area contributed by atoms with Gasteiger partial charge in [0, 0.05) is 19.6 Å². The summed E-state index contributed by atoms with van der Waals surface area (Å²) in [6.07, 6.45) is 5.43. The fraction of sp³-hybridized carbons (Fsp3) is 0.571. The Morgan fingerprint density at radius 3 is 2.41 bits per heavy atom. The summed E-state index contributed by atoms with van der Waals surface area (Å²) in [7, 11) is 3.74. The number of hydrogen-bond acceptors (Lipinski definition) is 2. The zero-order valence-electron chi connectivity index (χ0n) is 10.7. The Morgan fingerprint density at radius 2 is 1.82 bits per heavy atom. The lowest BCUT2D eigenvalue weighted by atomic mass is 9.76. The van der Waals surface area contributed by atoms with Gasteiger partial charge < -0.3 is 10.6 Å². The second-order valence-corrected chi connectivity index (χ2v) is 5.25. The average Bonchev–Trinajstić information content (AvgIpc) is 2.29. The number of para-hydroxylation sites is 1. The number of hydrogen-bond donors (Lipinski definition) is 1. The first kappa shape index (κ1) is 12.4. The monoisotopic (exact) mass is 236 g/mol. The van der Waals surface area contributed by atoms with Crippen molar-refractivity contribution in [2.24, 2.45) is 5.73 Å². The largest absolute Gasteiger partial charge is 0.375 e. The van der Waals surface area contributed by atoms with Crippen molar-refractivity contribution in [3.05, 3.63) is 29.6 Å². The highest BCUT2D eigenvalue weighted by atomic mass is 19.1. The minimum Gasteiger partial charge on any atom is -0.375 e. The fourth-order valence-electron chi connectivity index (χ4n) is 2.82. The Hall–Kier alpha value is -1.09. The van der Waals surface area contributed by atoms with Gasteiger partial charge in [0.25, 0.3) is 0 Å². The molecule has 3 heteroatoms. The molecule has 1 aliphatic rings. The van der Waals surface area contributed by atoms with Crippen LogP contribution in [0.3, 0.4) is 0 Å². The van der Waals surface area contributed by atoms with Crippen molar-refractivity contribution in [2.75, 3.05) is 19.0 Å². The van der Waals surface area contributed by atoms with E-state index in [2.05, 4.69) is 0 Å². The first-order chi connectivity index (χ1) is 8.04. The molecule has 1 aliphatic carbocycles. The van der Waals surface area contributed by atoms with Crippen LogP contribution in [-0.2, 0) is 5.54 Å². The number of benzene rings is 1. The number of nitrogens with zero attached hydrogens (tertiary/aromatic N) is 1. The molecular weight excluding hydrogens is 215 g/mol. The number of anilines is 1. The zero-order valence-corrected chi connectivity index (χ0v) is 10.7. The minimum atomic E-state index is -0.347. The average molecular weight is 236 g/mol. The molecule has 1 aromatic carbocycles. The Bertz CT molecular complexity index is 395. The van der Waals surface area contributed by atoms with Crippen molar-refractivity contribution in [1.82, 2.24) is 0 Å². The van der Waals surface area contributed by atoms with Crippen molar-refractivity contribution in [3.63, 3.8) is 0 Å². The molecule has 2 N–H and O–H groups in total. The first-order valence-corrected chi connectivity index (χ1v) is 6.30. The van der Waals surface area contributed by atoms with Crippen molar-refractivity contribution in [1.29, 1.82) is 0 Å². The van der Waals surface area contributed by atoms with E-state index in [9.17, 15) is 4.39 Å². The van der Waals surface area contributed by atoms with Crippen molar-refractivity contribution < 1.29 is 4.39 Å². The third kappa shape index (κ3) is 2.29. The van der Waals surface area contributed by atoms with Crippen LogP contribution < -0.4 is 10.6 Å². The summed E-state index contributed by atoms with van der Waals surface area (Å²) in [6.45, 7) is 0. The summed E-state index contributed by atoms with van der Waals surface area (Å²) in [4.78, 5) is 1.83. The first-order valence-electron chi connectivity index (χ1n) is 6.30. The SMILES string of the molecule is CN(C)c1c(F)cccc1C1(N)CCCCC1. The summed E-state index contributed by atoms with van der Waals surface area (Å²) < 4.78 is 13.9. The second-order valence-electron chi connectivity index (χ2n) is 5.25. The Kier molecular flexibility index (Phi) is 3.38. The predicted molar refractivity (Wildman–Crippen MR) is 69.7 cm³/mol. The van der Waals surface area contributed by atoms with Gasteiger partial charge in [0.05, 0.1) is 5.69 Å². The molecule has 1 aromatic rings. The van der Waals surface area contributed by atoms with Crippen molar-refractivity contribution in [3.8, 4) is 0 Å². The van der Waals surface area contributed by atoms with Crippen LogP contribution in [0.4, 0.5) is 10.1 Å². The molecule has 0 atom stereocenters. The molecule has 94 valence electrons. The van der Waals surface area contributed by atoms with E-state index < -0.39 is 0 Å². The van der Waals surface area contributed by atoms with Gasteiger partial charge in [-0.05, 0) is 24.5 Å². The number of rotatable bonds is 2. The van der Waals surface area contributed by atoms with Gasteiger partial charge in [-0.25, -0.2) is 4.39 Å². The summed E-state index contributed by atoms with van der Waals surface area (Å²) in [5.74, 6) is -0.178. The van der Waals surface area contributed by atoms with Crippen LogP contribution in [-0.4, -0.2) is 14.1 Å². The van der Waals surface area contributed by atoms with E-state index in [1.54, 1.807) is 6.07 Å². The van der Waals surface area contributed by atoms with Gasteiger partial charge in [0.15, 0.2) is 0 Å². The summed E-state index contributed by atoms with van der Waals surface area (Å²) in [5.41, 5.74) is 7.76. The number of halogens is 1. The topological polar surface area (TPSA) is 29.3 Å². The highest BCUT2D eigenvalue weighted by Crippen LogP contribution is 2.39.